The van der Waals surface area contributed by atoms with Crippen molar-refractivity contribution in [3.63, 3.8) is 0 Å². The van der Waals surface area contributed by atoms with Crippen LogP contribution in [0, 0.1) is 0 Å². The number of hydrogen-bond acceptors (Lipinski definition) is 7. The molecule has 0 aliphatic rings. The highest BCUT2D eigenvalue weighted by Gasteiger charge is 2.21. The van der Waals surface area contributed by atoms with Gasteiger partial charge in [0.2, 0.25) is 5.89 Å². The number of aliphatic carboxylic acids is 1. The molecule has 2 aromatic rings. The van der Waals surface area contributed by atoms with Gasteiger partial charge in [-0.05, 0) is 0 Å². The Hall–Kier alpha value is -1.41. The predicted octanol–water partition coefficient (Wildman–Crippen LogP) is 2.74. The third-order valence-electron chi connectivity index (χ3n) is 2.30. The number of thioether (sulfide) groups is 1. The molecule has 0 aliphatic carbocycles. The Labute approximate surface area is 124 Å². The highest BCUT2D eigenvalue weighted by molar-refractivity contribution is 8.00. The van der Waals surface area contributed by atoms with Crippen LogP contribution in [0.3, 0.4) is 0 Å². The van der Waals surface area contributed by atoms with Crippen LogP contribution in [0.5, 0.6) is 0 Å². The number of carboxylic acids is 1. The average Bonchev–Trinajstić information content (AvgIpc) is 2.93. The van der Waals surface area contributed by atoms with Crippen LogP contribution >= 0.6 is 23.1 Å². The Balaban J connectivity index is 1.93. The van der Waals surface area contributed by atoms with Crippen LogP contribution in [-0.4, -0.2) is 26.2 Å². The number of thiazole rings is 1. The topological polar surface area (TPSA) is 89.1 Å². The molecule has 0 atom stereocenters. The normalized spacial score (nSPS) is 11.8. The zero-order valence-corrected chi connectivity index (χ0v) is 13.0. The first-order valence-electron chi connectivity index (χ1n) is 5.96. The van der Waals surface area contributed by atoms with Gasteiger partial charge in [0.25, 0.3) is 0 Å². The fourth-order valence-corrected chi connectivity index (χ4v) is 3.02. The van der Waals surface area contributed by atoms with Gasteiger partial charge < -0.3 is 9.63 Å². The summed E-state index contributed by atoms with van der Waals surface area (Å²) in [5.74, 6) is 0.910. The molecule has 0 saturated heterocycles. The van der Waals surface area contributed by atoms with Crippen molar-refractivity contribution in [2.24, 2.45) is 0 Å². The zero-order valence-electron chi connectivity index (χ0n) is 11.4. The van der Waals surface area contributed by atoms with Gasteiger partial charge in [-0.2, -0.15) is 4.98 Å². The van der Waals surface area contributed by atoms with Crippen molar-refractivity contribution in [3.05, 3.63) is 22.8 Å². The van der Waals surface area contributed by atoms with E-state index in [4.69, 9.17) is 9.63 Å². The third-order valence-corrected chi connectivity index (χ3v) is 4.36. The van der Waals surface area contributed by atoms with Gasteiger partial charge in [0.15, 0.2) is 10.2 Å². The van der Waals surface area contributed by atoms with E-state index in [1.807, 2.05) is 20.8 Å². The Morgan fingerprint density at radius 1 is 1.45 bits per heavy atom. The first kappa shape index (κ1) is 15.0. The van der Waals surface area contributed by atoms with Crippen LogP contribution in [0.2, 0.25) is 0 Å². The lowest BCUT2D eigenvalue weighted by molar-refractivity contribution is -0.136. The minimum Gasteiger partial charge on any atom is -0.481 e. The van der Waals surface area contributed by atoms with Gasteiger partial charge in [0, 0.05) is 10.8 Å². The number of nitrogens with zero attached hydrogens (tertiary/aromatic N) is 3. The molecule has 108 valence electrons. The Morgan fingerprint density at radius 2 is 2.20 bits per heavy atom. The van der Waals surface area contributed by atoms with Gasteiger partial charge in [-0.1, -0.05) is 37.7 Å². The zero-order chi connectivity index (χ0) is 14.8. The smallest absolute Gasteiger partial charge is 0.309 e. The summed E-state index contributed by atoms with van der Waals surface area (Å²) in [7, 11) is 0. The maximum Gasteiger partial charge on any atom is 0.309 e. The van der Waals surface area contributed by atoms with E-state index >= 15 is 0 Å². The van der Waals surface area contributed by atoms with Gasteiger partial charge in [0.05, 0.1) is 17.9 Å². The van der Waals surface area contributed by atoms with E-state index in [9.17, 15) is 4.79 Å². The molecule has 2 rings (SSSR count). The molecule has 0 aromatic carbocycles. The summed E-state index contributed by atoms with van der Waals surface area (Å²) in [6.07, 6.45) is -0.0482. The number of hydrogen-bond donors (Lipinski definition) is 1. The molecule has 2 aromatic heterocycles. The summed E-state index contributed by atoms with van der Waals surface area (Å²) in [4.78, 5) is 19.2. The summed E-state index contributed by atoms with van der Waals surface area (Å²) in [6.45, 7) is 6.03. The third kappa shape index (κ3) is 4.04. The first-order valence-corrected chi connectivity index (χ1v) is 7.83. The fraction of sp³-hybridized carbons (Fsp3) is 0.500. The number of carboxylic acid groups (broad SMARTS) is 1. The van der Waals surface area contributed by atoms with Crippen molar-refractivity contribution < 1.29 is 14.4 Å². The Morgan fingerprint density at radius 3 is 2.80 bits per heavy atom. The monoisotopic (exact) mass is 313 g/mol. The van der Waals surface area contributed by atoms with Crippen molar-refractivity contribution in [1.82, 2.24) is 15.1 Å². The molecule has 6 nitrogen and oxygen atoms in total. The van der Waals surface area contributed by atoms with Crippen LogP contribution in [-0.2, 0) is 22.4 Å². The van der Waals surface area contributed by atoms with Gasteiger partial charge in [-0.3, -0.25) is 4.79 Å². The highest BCUT2D eigenvalue weighted by atomic mass is 32.2. The number of aromatic nitrogens is 3. The summed E-state index contributed by atoms with van der Waals surface area (Å²) in [6, 6.07) is 0. The number of carbonyl (C=O) groups is 1. The molecule has 0 radical (unpaired) electrons. The molecule has 0 unspecified atom stereocenters. The molecule has 0 fully saturated rings. The average molecular weight is 313 g/mol. The van der Waals surface area contributed by atoms with Crippen molar-refractivity contribution in [2.45, 2.75) is 42.7 Å². The summed E-state index contributed by atoms with van der Waals surface area (Å²) in [5, 5.41) is 14.4. The van der Waals surface area contributed by atoms with E-state index < -0.39 is 5.97 Å². The fourth-order valence-electron chi connectivity index (χ4n) is 1.33. The molecular weight excluding hydrogens is 298 g/mol. The van der Waals surface area contributed by atoms with E-state index in [0.717, 1.165) is 4.34 Å². The van der Waals surface area contributed by atoms with E-state index in [0.29, 0.717) is 23.2 Å². The van der Waals surface area contributed by atoms with Gasteiger partial charge in [-0.15, -0.1) is 11.3 Å². The second-order valence-electron chi connectivity index (χ2n) is 5.23. The lowest BCUT2D eigenvalue weighted by atomic mass is 9.97. The second kappa shape index (κ2) is 5.92. The maximum atomic E-state index is 10.6. The van der Waals surface area contributed by atoms with Crippen molar-refractivity contribution in [1.29, 1.82) is 0 Å². The molecule has 0 bridgehead atoms. The van der Waals surface area contributed by atoms with E-state index in [1.54, 1.807) is 5.38 Å². The first-order chi connectivity index (χ1) is 9.34. The number of rotatable bonds is 5. The van der Waals surface area contributed by atoms with Gasteiger partial charge in [-0.25, -0.2) is 4.98 Å². The molecule has 2 heterocycles. The lowest BCUT2D eigenvalue weighted by Gasteiger charge is -2.10. The van der Waals surface area contributed by atoms with E-state index in [2.05, 4.69) is 15.1 Å². The predicted molar refractivity (Wildman–Crippen MR) is 76.0 cm³/mol. The molecule has 20 heavy (non-hydrogen) atoms. The lowest BCUT2D eigenvalue weighted by Crippen LogP contribution is -2.11. The van der Waals surface area contributed by atoms with E-state index in [-0.39, 0.29) is 11.8 Å². The SMILES string of the molecule is CC(C)(C)c1nc(CSc2nc(CC(=O)O)cs2)no1. The molecule has 8 heteroatoms. The minimum atomic E-state index is -0.875. The molecule has 0 spiro atoms. The largest absolute Gasteiger partial charge is 0.481 e. The highest BCUT2D eigenvalue weighted by Crippen LogP contribution is 2.27. The van der Waals surface area contributed by atoms with Crippen LogP contribution in [0.1, 0.15) is 38.2 Å². The summed E-state index contributed by atoms with van der Waals surface area (Å²) < 4.78 is 6.01. The van der Waals surface area contributed by atoms with E-state index in [1.165, 1.54) is 23.1 Å². The summed E-state index contributed by atoms with van der Waals surface area (Å²) >= 11 is 2.90. The van der Waals surface area contributed by atoms with Crippen molar-refractivity contribution >= 4 is 29.1 Å². The maximum absolute atomic E-state index is 10.6. The van der Waals surface area contributed by atoms with Crippen molar-refractivity contribution in [2.75, 3.05) is 0 Å². The standard InChI is InChI=1S/C12H15N3O3S2/c1-12(2,3)10-14-8(15-18-10)6-20-11-13-7(5-19-11)4-9(16)17/h5H,4,6H2,1-3H3,(H,16,17). The molecule has 0 amide bonds. The Kier molecular flexibility index (Phi) is 4.44. The van der Waals surface area contributed by atoms with Crippen LogP contribution in [0.15, 0.2) is 14.2 Å². The van der Waals surface area contributed by atoms with Crippen molar-refractivity contribution in [3.8, 4) is 0 Å². The van der Waals surface area contributed by atoms with Crippen LogP contribution in [0.4, 0.5) is 0 Å². The molecule has 0 aliphatic heterocycles. The Bertz CT molecular complexity index is 601. The van der Waals surface area contributed by atoms with Gasteiger partial charge >= 0.3 is 5.97 Å². The second-order valence-corrected chi connectivity index (χ2v) is 7.31. The van der Waals surface area contributed by atoms with Crippen LogP contribution < -0.4 is 0 Å². The quantitative estimate of drug-likeness (QED) is 0.849. The van der Waals surface area contributed by atoms with Gasteiger partial charge in [0.1, 0.15) is 0 Å². The molecular formula is C12H15N3O3S2. The van der Waals surface area contributed by atoms with Crippen LogP contribution in [0.25, 0.3) is 0 Å². The summed E-state index contributed by atoms with van der Waals surface area (Å²) in [5.41, 5.74) is 0.416. The minimum absolute atomic E-state index is 0.0482. The molecule has 1 N–H and O–H groups in total. The molecule has 0 saturated carbocycles.